The maximum Gasteiger partial charge on any atom is 0.418 e. The van der Waals surface area contributed by atoms with E-state index >= 15 is 0 Å². The summed E-state index contributed by atoms with van der Waals surface area (Å²) in [5.74, 6) is 0. The predicted octanol–water partition coefficient (Wildman–Crippen LogP) is 5.18. The second kappa shape index (κ2) is 11.5. The van der Waals surface area contributed by atoms with E-state index in [-0.39, 0.29) is 17.1 Å². The maximum absolute atomic E-state index is 13.5. The number of carbonyl (C=O) groups excluding carboxylic acids is 1. The number of rotatable bonds is 7. The Kier molecular flexibility index (Phi) is 7.88. The van der Waals surface area contributed by atoms with Crippen molar-refractivity contribution in [2.24, 2.45) is 0 Å². The lowest BCUT2D eigenvalue weighted by Crippen LogP contribution is -2.50. The van der Waals surface area contributed by atoms with Crippen LogP contribution in [-0.2, 0) is 22.7 Å². The number of carbonyl (C=O) groups is 1. The van der Waals surface area contributed by atoms with Crippen molar-refractivity contribution in [2.75, 3.05) is 40.7 Å². The van der Waals surface area contributed by atoms with Crippen LogP contribution >= 0.6 is 0 Å². The number of piperazine rings is 1. The lowest BCUT2D eigenvalue weighted by atomic mass is 10.1. The van der Waals surface area contributed by atoms with Crippen molar-refractivity contribution in [1.82, 2.24) is 14.9 Å². The quantitative estimate of drug-likeness (QED) is 0.312. The summed E-state index contributed by atoms with van der Waals surface area (Å²) in [7, 11) is -3.87. The SMILES string of the molecule is O=C(Nc1ccccc1C(F)(F)F)N1CCN(c2ccc(N(Cc3cnc[nH]3)S(=O)(=O)c3ccccc3)cc2)CC1. The van der Waals surface area contributed by atoms with Crippen molar-refractivity contribution >= 4 is 33.1 Å². The molecule has 214 valence electrons. The molecule has 3 aromatic carbocycles. The number of urea groups is 1. The molecule has 0 atom stereocenters. The smallest absolute Gasteiger partial charge is 0.368 e. The predicted molar refractivity (Wildman–Crippen MR) is 149 cm³/mol. The van der Waals surface area contributed by atoms with Gasteiger partial charge in [-0.3, -0.25) is 4.31 Å². The second-order valence-electron chi connectivity index (χ2n) is 9.37. The number of H-pyrrole nitrogens is 1. The molecule has 13 heteroatoms. The van der Waals surface area contributed by atoms with Crippen LogP contribution in [-0.4, -0.2) is 55.5 Å². The van der Waals surface area contributed by atoms with Crippen molar-refractivity contribution in [1.29, 1.82) is 0 Å². The molecule has 0 aliphatic carbocycles. The lowest BCUT2D eigenvalue weighted by Gasteiger charge is -2.36. The molecule has 1 aliphatic rings. The fraction of sp³-hybridized carbons (Fsp3) is 0.214. The highest BCUT2D eigenvalue weighted by Gasteiger charge is 2.34. The summed E-state index contributed by atoms with van der Waals surface area (Å²) in [4.78, 5) is 23.3. The first-order chi connectivity index (χ1) is 19.6. The first kappa shape index (κ1) is 28.0. The van der Waals surface area contributed by atoms with Crippen LogP contribution in [0.5, 0.6) is 0 Å². The molecular weight excluding hydrogens is 557 g/mol. The van der Waals surface area contributed by atoms with E-state index in [1.54, 1.807) is 48.7 Å². The first-order valence-corrected chi connectivity index (χ1v) is 14.2. The molecule has 5 rings (SSSR count). The van der Waals surface area contributed by atoms with Gasteiger partial charge in [-0.1, -0.05) is 30.3 Å². The number of halogens is 3. The minimum atomic E-state index is -4.58. The van der Waals surface area contributed by atoms with Gasteiger partial charge in [0.15, 0.2) is 0 Å². The minimum absolute atomic E-state index is 0.0574. The number of sulfonamides is 1. The number of nitrogens with one attached hydrogen (secondary N) is 2. The fourth-order valence-electron chi connectivity index (χ4n) is 4.59. The van der Waals surface area contributed by atoms with E-state index in [4.69, 9.17) is 0 Å². The minimum Gasteiger partial charge on any atom is -0.368 e. The van der Waals surface area contributed by atoms with E-state index in [1.165, 1.54) is 33.7 Å². The summed E-state index contributed by atoms with van der Waals surface area (Å²) >= 11 is 0. The second-order valence-corrected chi connectivity index (χ2v) is 11.2. The summed E-state index contributed by atoms with van der Waals surface area (Å²) in [6.07, 6.45) is -1.52. The number of para-hydroxylation sites is 1. The number of nitrogens with zero attached hydrogens (tertiary/aromatic N) is 4. The van der Waals surface area contributed by atoms with Crippen LogP contribution in [0, 0.1) is 0 Å². The Bertz CT molecular complexity index is 1570. The van der Waals surface area contributed by atoms with E-state index in [1.807, 2.05) is 17.0 Å². The van der Waals surface area contributed by atoms with Gasteiger partial charge in [0, 0.05) is 38.1 Å². The van der Waals surface area contributed by atoms with Crippen LogP contribution in [0.4, 0.5) is 35.0 Å². The first-order valence-electron chi connectivity index (χ1n) is 12.7. The molecule has 0 unspecified atom stereocenters. The Morgan fingerprint density at radius 1 is 0.927 bits per heavy atom. The molecule has 1 aliphatic heterocycles. The van der Waals surface area contributed by atoms with Crippen LogP contribution in [0.2, 0.25) is 0 Å². The van der Waals surface area contributed by atoms with Gasteiger partial charge >= 0.3 is 12.2 Å². The number of hydrogen-bond donors (Lipinski definition) is 2. The van der Waals surface area contributed by atoms with Crippen LogP contribution in [0.15, 0.2) is 96.3 Å². The molecule has 1 saturated heterocycles. The van der Waals surface area contributed by atoms with Crippen LogP contribution in [0.25, 0.3) is 0 Å². The van der Waals surface area contributed by atoms with E-state index in [0.717, 1.165) is 11.8 Å². The van der Waals surface area contributed by atoms with Crippen molar-refractivity contribution in [3.8, 4) is 0 Å². The Morgan fingerprint density at radius 2 is 1.59 bits per heavy atom. The molecule has 4 aromatic rings. The molecule has 41 heavy (non-hydrogen) atoms. The average molecular weight is 585 g/mol. The molecule has 2 heterocycles. The lowest BCUT2D eigenvalue weighted by molar-refractivity contribution is -0.136. The van der Waals surface area contributed by atoms with Gasteiger partial charge in [0.2, 0.25) is 0 Å². The topological polar surface area (TPSA) is 102 Å². The van der Waals surface area contributed by atoms with E-state index in [9.17, 15) is 26.4 Å². The molecule has 2 amide bonds. The third kappa shape index (κ3) is 6.30. The van der Waals surface area contributed by atoms with Gasteiger partial charge in [-0.25, -0.2) is 18.2 Å². The molecule has 1 fully saturated rings. The van der Waals surface area contributed by atoms with Crippen LogP contribution in [0.1, 0.15) is 11.3 Å². The molecule has 9 nitrogen and oxygen atoms in total. The highest BCUT2D eigenvalue weighted by Crippen LogP contribution is 2.35. The Balaban J connectivity index is 1.27. The maximum atomic E-state index is 13.5. The van der Waals surface area contributed by atoms with E-state index < -0.39 is 27.8 Å². The van der Waals surface area contributed by atoms with Crippen molar-refractivity contribution in [3.05, 3.63) is 103 Å². The summed E-state index contributed by atoms with van der Waals surface area (Å²) in [5.41, 5.74) is 0.736. The zero-order chi connectivity index (χ0) is 29.0. The zero-order valence-electron chi connectivity index (χ0n) is 21.8. The Labute approximate surface area is 235 Å². The summed E-state index contributed by atoms with van der Waals surface area (Å²) in [6.45, 7) is 1.57. The Morgan fingerprint density at radius 3 is 2.22 bits per heavy atom. The molecule has 0 spiro atoms. The number of amides is 2. The largest absolute Gasteiger partial charge is 0.418 e. The van der Waals surface area contributed by atoms with Gasteiger partial charge in [-0.2, -0.15) is 13.2 Å². The van der Waals surface area contributed by atoms with E-state index in [2.05, 4.69) is 15.3 Å². The number of imidazole rings is 1. The van der Waals surface area contributed by atoms with Gasteiger partial charge in [0.1, 0.15) is 0 Å². The third-order valence-electron chi connectivity index (χ3n) is 6.74. The zero-order valence-corrected chi connectivity index (χ0v) is 22.6. The highest BCUT2D eigenvalue weighted by molar-refractivity contribution is 7.92. The van der Waals surface area contributed by atoms with Crippen LogP contribution < -0.4 is 14.5 Å². The average Bonchev–Trinajstić information content (AvgIpc) is 3.50. The van der Waals surface area contributed by atoms with Crippen LogP contribution in [0.3, 0.4) is 0 Å². The number of alkyl halides is 3. The normalized spacial score (nSPS) is 14.1. The number of anilines is 3. The third-order valence-corrected chi connectivity index (χ3v) is 8.53. The highest BCUT2D eigenvalue weighted by atomic mass is 32.2. The van der Waals surface area contributed by atoms with Crippen molar-refractivity contribution in [2.45, 2.75) is 17.6 Å². The van der Waals surface area contributed by atoms with Gasteiger partial charge in [0.05, 0.1) is 40.4 Å². The van der Waals surface area contributed by atoms with Gasteiger partial charge in [-0.15, -0.1) is 0 Å². The summed E-state index contributed by atoms with van der Waals surface area (Å²) in [5, 5.41) is 2.39. The van der Waals surface area contributed by atoms with Crippen molar-refractivity contribution < 1.29 is 26.4 Å². The van der Waals surface area contributed by atoms with Crippen molar-refractivity contribution in [3.63, 3.8) is 0 Å². The summed E-state index contributed by atoms with van der Waals surface area (Å²) in [6, 6.07) is 19.5. The standard InChI is InChI=1S/C28H27F3N6O3S/c29-28(30,31)25-8-4-5-9-26(25)34-27(38)36-16-14-35(15-17-36)22-10-12-23(13-11-22)37(19-21-18-32-20-33-21)41(39,40)24-6-2-1-3-7-24/h1-13,18,20H,14-17,19H2,(H,32,33)(H,34,38). The van der Waals surface area contributed by atoms with Gasteiger partial charge < -0.3 is 20.1 Å². The molecule has 0 radical (unpaired) electrons. The fourth-order valence-corrected chi connectivity index (χ4v) is 6.06. The molecule has 1 aromatic heterocycles. The number of benzene rings is 3. The molecule has 2 N–H and O–H groups in total. The molecule has 0 bridgehead atoms. The van der Waals surface area contributed by atoms with E-state index in [0.29, 0.717) is 37.6 Å². The monoisotopic (exact) mass is 584 g/mol. The number of aromatic nitrogens is 2. The van der Waals surface area contributed by atoms with Gasteiger partial charge in [0.25, 0.3) is 10.0 Å². The number of aromatic amines is 1. The molecular formula is C28H27F3N6O3S. The van der Waals surface area contributed by atoms with Gasteiger partial charge in [-0.05, 0) is 48.5 Å². The Hall–Kier alpha value is -4.52. The summed E-state index contributed by atoms with van der Waals surface area (Å²) < 4.78 is 68.2. The number of hydrogen-bond acceptors (Lipinski definition) is 5. The molecule has 0 saturated carbocycles.